The van der Waals surface area contributed by atoms with Crippen LogP contribution in [0.25, 0.3) is 0 Å². The Morgan fingerprint density at radius 2 is 0.664 bits per heavy atom. The standard InChI is InChI=1S/C21H22N2O5.C17H13NO5.C17H15NO3.C16H13NO3.C11H10O3.C9H8O3S.C8H8O3.C6H4INO2.C5H11NO3/c1-14(24)19(21(26)27-2)23-20(25)16-7-11-18(12-8-16)28-13-3-4-15-5-9-17(22)10-6-15;1-22-17(19)14-6-10-16(11-7-14)23-12-2-3-13-4-8-15(9-5-13)18(20)21;1-20-17(19)14-6-10-16(11-7-14)21-12-2-3-13-4-8-15(18)9-5-13;17-14-7-3-12(4-8-14)2-1-11-20-15-9-5-13(6-10-15)16(18)19;1-3-8-14-10-6-4-9(5-7-10)11(12)13-2;1-2-8-12-13(10,11)9-6-4-3-5-7-9;1-11-8(10)6-2-4-7(9)5-3-6;7-5-1-3-6(4-2-5)8(9)10;1-3(7)4(6)5(8)9-2/h5-12,14,19,24H,13,22H2,1-2H3,(H,23,25);4-11H,12H2,1H3;4-11H,12,18H2,1H3;3-10H,11,17H2,(H,18,19);1,4-7H,8H2,2H3;1,3-7H,8H2;2-5,9H,1H3;1-4H;3-4,7H,6H2,1-2H3/t14-,19+;;;;;;;;3-,4+/m1.......1/s1. The number of aliphatic hydroxyl groups is 2. The van der Waals surface area contributed by atoms with Crippen molar-refractivity contribution in [2.45, 2.75) is 43.0 Å². The number of nitro benzene ring substituents is 2. The average Bonchev–Trinajstić information content (AvgIpc) is 0.837. The van der Waals surface area contributed by atoms with Gasteiger partial charge in [0.05, 0.1) is 97.4 Å². The van der Waals surface area contributed by atoms with E-state index in [1.54, 1.807) is 188 Å². The van der Waals surface area contributed by atoms with E-state index in [1.807, 2.05) is 36.4 Å². The first-order chi connectivity index (χ1) is 71.3. The van der Waals surface area contributed by atoms with E-state index in [-0.39, 0.29) is 79.2 Å². The molecule has 0 spiro atoms. The van der Waals surface area contributed by atoms with Gasteiger partial charge in [-0.1, -0.05) is 77.4 Å². The van der Waals surface area contributed by atoms with Crippen LogP contribution >= 0.6 is 22.6 Å². The molecule has 0 aliphatic heterocycles. The third-order valence-corrected chi connectivity index (χ3v) is 20.2. The predicted molar refractivity (Wildman–Crippen MR) is 563 cm³/mol. The monoisotopic (exact) mass is 2160 g/mol. The van der Waals surface area contributed by atoms with Gasteiger partial charge in [0.15, 0.2) is 6.04 Å². The van der Waals surface area contributed by atoms with E-state index in [0.29, 0.717) is 79.2 Å². The molecule has 0 unspecified atom stereocenters. The Bertz CT molecular complexity index is 6780. The molecule has 149 heavy (non-hydrogen) atoms. The third kappa shape index (κ3) is 49.2. The number of terminal acetylenes is 2. The highest BCUT2D eigenvalue weighted by Crippen LogP contribution is 2.21. The smallest absolute Gasteiger partial charge is 0.337 e. The molecule has 0 radical (unpaired) electrons. The molecule has 0 fully saturated rings. The lowest BCUT2D eigenvalue weighted by atomic mass is 10.1. The molecule has 0 heterocycles. The fourth-order valence-electron chi connectivity index (χ4n) is 10.4. The number of benzene rings is 12. The van der Waals surface area contributed by atoms with Gasteiger partial charge in [-0.05, 0) is 291 Å². The number of aromatic hydroxyl groups is 1. The Labute approximate surface area is 873 Å². The Morgan fingerprint density at radius 3 is 0.933 bits per heavy atom. The fourth-order valence-corrected chi connectivity index (χ4v) is 11.6. The molecule has 0 bridgehead atoms. The summed E-state index contributed by atoms with van der Waals surface area (Å²) in [5.41, 5.74) is 29.8. The first-order valence-electron chi connectivity index (χ1n) is 43.4. The summed E-state index contributed by atoms with van der Waals surface area (Å²) < 4.78 is 82.0. The van der Waals surface area contributed by atoms with Crippen molar-refractivity contribution in [3.05, 3.63) is 377 Å². The molecular formula is C110H104IN7O30S. The molecule has 12 aromatic carbocycles. The van der Waals surface area contributed by atoms with Crippen molar-refractivity contribution < 1.29 is 133 Å². The van der Waals surface area contributed by atoms with Crippen LogP contribution < -0.4 is 51.9 Å². The van der Waals surface area contributed by atoms with Crippen LogP contribution in [0, 0.1) is 95.8 Å². The Morgan fingerprint density at radius 1 is 0.383 bits per heavy atom. The zero-order valence-electron chi connectivity index (χ0n) is 81.4. The minimum Gasteiger partial charge on any atom is -0.508 e. The highest BCUT2D eigenvalue weighted by Gasteiger charge is 2.27. The largest absolute Gasteiger partial charge is 0.508 e. The maximum absolute atomic E-state index is 12.2. The second kappa shape index (κ2) is 68.5. The molecule has 39 heteroatoms. The van der Waals surface area contributed by atoms with Gasteiger partial charge in [0.25, 0.3) is 27.4 Å². The predicted octanol–water partition coefficient (Wildman–Crippen LogP) is 13.8. The second-order valence-corrected chi connectivity index (χ2v) is 31.8. The highest BCUT2D eigenvalue weighted by atomic mass is 127. The number of nitrogens with two attached hydrogens (primary N) is 4. The summed E-state index contributed by atoms with van der Waals surface area (Å²) in [5, 5.41) is 59.0. The summed E-state index contributed by atoms with van der Waals surface area (Å²) >= 11 is 2.10. The first kappa shape index (κ1) is 123. The number of amides is 1. The molecule has 772 valence electrons. The van der Waals surface area contributed by atoms with E-state index in [2.05, 4.69) is 120 Å². The number of hydrogen-bond donors (Lipinski definition) is 9. The van der Waals surface area contributed by atoms with Crippen LogP contribution in [0.3, 0.4) is 0 Å². The van der Waals surface area contributed by atoms with Gasteiger partial charge in [-0.2, -0.15) is 8.42 Å². The molecule has 0 aliphatic carbocycles. The van der Waals surface area contributed by atoms with Gasteiger partial charge < -0.3 is 101 Å². The lowest BCUT2D eigenvalue weighted by Crippen LogP contribution is -2.48. The van der Waals surface area contributed by atoms with Crippen molar-refractivity contribution in [3.63, 3.8) is 0 Å². The summed E-state index contributed by atoms with van der Waals surface area (Å²) in [6, 6.07) is 78.1. The number of halogens is 1. The maximum atomic E-state index is 12.2. The lowest BCUT2D eigenvalue weighted by molar-refractivity contribution is -0.385. The summed E-state index contributed by atoms with van der Waals surface area (Å²) in [6.45, 7) is 3.65. The van der Waals surface area contributed by atoms with Gasteiger partial charge in [-0.3, -0.25) is 34.0 Å². The van der Waals surface area contributed by atoms with E-state index in [4.69, 9.17) is 74.8 Å². The zero-order valence-corrected chi connectivity index (χ0v) is 84.4. The molecule has 12 rings (SSSR count). The van der Waals surface area contributed by atoms with Crippen molar-refractivity contribution in [1.29, 1.82) is 0 Å². The van der Waals surface area contributed by atoms with Crippen LogP contribution in [0.2, 0.25) is 0 Å². The number of nitro groups is 2. The number of phenols is 1. The van der Waals surface area contributed by atoms with Crippen molar-refractivity contribution in [2.75, 3.05) is 99.5 Å². The number of aromatic carboxylic acids is 1. The number of phenolic OH excluding ortho intramolecular Hbond substituents is 1. The topological polar surface area (TPSA) is 565 Å². The number of carbonyl (C=O) groups excluding carboxylic acids is 7. The summed E-state index contributed by atoms with van der Waals surface area (Å²) in [7, 11) is 4.07. The number of hydrogen-bond acceptors (Lipinski definition) is 33. The van der Waals surface area contributed by atoms with Crippen LogP contribution in [0.4, 0.5) is 28.4 Å². The normalized spacial score (nSPS) is 10.4. The third-order valence-electron chi connectivity index (χ3n) is 18.2. The number of esters is 6. The molecule has 12 aromatic rings. The van der Waals surface area contributed by atoms with E-state index >= 15 is 0 Å². The number of anilines is 3. The highest BCUT2D eigenvalue weighted by molar-refractivity contribution is 14.1. The number of carboxylic acid groups (broad SMARTS) is 1. The van der Waals surface area contributed by atoms with Crippen molar-refractivity contribution in [1.82, 2.24) is 5.32 Å². The fraction of sp³-hybridized carbons (Fsp3) is 0.164. The van der Waals surface area contributed by atoms with Gasteiger partial charge in [0.2, 0.25) is 0 Å². The van der Waals surface area contributed by atoms with Crippen LogP contribution in [0.15, 0.2) is 302 Å². The molecule has 4 atom stereocenters. The lowest BCUT2D eigenvalue weighted by Gasteiger charge is -2.18. The van der Waals surface area contributed by atoms with Gasteiger partial charge in [0, 0.05) is 72.7 Å². The van der Waals surface area contributed by atoms with Crippen LogP contribution in [0.1, 0.15) is 98.2 Å². The number of nitrogens with zero attached hydrogens (tertiary/aromatic N) is 2. The second-order valence-electron chi connectivity index (χ2n) is 28.9. The quantitative estimate of drug-likeness (QED) is 0.00355. The maximum Gasteiger partial charge on any atom is 0.337 e. The van der Waals surface area contributed by atoms with Gasteiger partial charge >= 0.3 is 41.8 Å². The van der Waals surface area contributed by atoms with Crippen molar-refractivity contribution in [3.8, 4) is 107 Å². The van der Waals surface area contributed by atoms with Gasteiger partial charge in [0.1, 0.15) is 80.2 Å². The zero-order chi connectivity index (χ0) is 110. The van der Waals surface area contributed by atoms with Gasteiger partial charge in [-0.15, -0.1) is 12.8 Å². The summed E-state index contributed by atoms with van der Waals surface area (Å²) in [6.07, 6.45) is 7.97. The molecule has 0 saturated carbocycles. The van der Waals surface area contributed by atoms with Crippen LogP contribution in [-0.2, 0) is 52.3 Å². The summed E-state index contributed by atoms with van der Waals surface area (Å²) in [4.78, 5) is 109. The molecule has 0 aliphatic rings. The molecule has 37 nitrogen and oxygen atoms in total. The molecular weight excluding hydrogens is 2060 g/mol. The number of nitrogen functional groups attached to an aromatic ring is 3. The number of non-ortho nitro benzene ring substituents is 2. The van der Waals surface area contributed by atoms with E-state index in [1.165, 1.54) is 129 Å². The Hall–Kier alpha value is -18.7. The number of carboxylic acids is 1. The molecule has 13 N–H and O–H groups in total. The summed E-state index contributed by atoms with van der Waals surface area (Å²) in [5.74, 6) is 26.5. The minimum atomic E-state index is -3.66. The number of methoxy groups -OCH3 is 6. The number of nitrogens with one attached hydrogen (secondary N) is 1. The number of carbonyl (C=O) groups is 8. The van der Waals surface area contributed by atoms with Crippen LogP contribution in [0.5, 0.6) is 34.5 Å². The molecule has 0 saturated heterocycles. The SMILES string of the molecule is C#CCOS(=O)(=O)c1ccccc1.C#CCOc1ccc(C(=O)OC)cc1.COC(=O)[C@@H](N)[C@@H](C)O.COC(=O)[C@@H](NC(=O)c1ccc(OCC#Cc2ccc(N)cc2)cc1)[C@@H](C)O.COC(=O)c1ccc(O)cc1.COC(=O)c1ccc(OCC#Cc2ccc(N)cc2)cc1.COC(=O)c1ccc(OCC#Cc2ccc([N+](=O)[O-])cc2)cc1.Nc1ccc(C#CCOc2ccc(C(=O)O)cc2)cc1.O=[N+]([O-])c1ccc(I)cc1. The van der Waals surface area contributed by atoms with Crippen molar-refractivity contribution >= 4 is 109 Å². The number of aliphatic hydroxyl groups excluding tert-OH is 2. The number of rotatable bonds is 26. The Balaban J connectivity index is 0.000000357. The molecule has 1 amide bonds. The average molecular weight is 2160 g/mol. The van der Waals surface area contributed by atoms with E-state index in [0.717, 1.165) is 20.3 Å². The Kier molecular flexibility index (Phi) is 56.3. The van der Waals surface area contributed by atoms with Crippen molar-refractivity contribution in [2.24, 2.45) is 5.73 Å². The minimum absolute atomic E-state index is 0.0255. The van der Waals surface area contributed by atoms with Crippen LogP contribution in [-0.4, -0.2) is 193 Å². The first-order valence-corrected chi connectivity index (χ1v) is 45.9. The van der Waals surface area contributed by atoms with Gasteiger partial charge in [-0.25, -0.2) is 28.8 Å². The van der Waals surface area contributed by atoms with E-state index in [9.17, 15) is 72.1 Å². The molecule has 0 aromatic heterocycles. The number of ether oxygens (including phenoxy) is 11. The van der Waals surface area contributed by atoms with E-state index < -0.39 is 80.0 Å².